The summed E-state index contributed by atoms with van der Waals surface area (Å²) in [5, 5.41) is 5.74. The molecule has 2 N–H and O–H groups in total. The summed E-state index contributed by atoms with van der Waals surface area (Å²) in [6, 6.07) is 4.46. The monoisotopic (exact) mass is 208 g/mol. The molecule has 0 saturated carbocycles. The van der Waals surface area contributed by atoms with Gasteiger partial charge in [-0.2, -0.15) is 0 Å². The Hall–Kier alpha value is -1.58. The number of rotatable bonds is 2. The predicted molar refractivity (Wildman–Crippen MR) is 56.2 cm³/mol. The van der Waals surface area contributed by atoms with Gasteiger partial charge >= 0.3 is 0 Å². The van der Waals surface area contributed by atoms with Crippen molar-refractivity contribution in [3.63, 3.8) is 0 Å². The fourth-order valence-electron chi connectivity index (χ4n) is 1.75. The predicted octanol–water partition coefficient (Wildman–Crippen LogP) is 1.43. The Kier molecular flexibility index (Phi) is 2.58. The number of nitrogens with one attached hydrogen (secondary N) is 2. The van der Waals surface area contributed by atoms with E-state index in [9.17, 15) is 9.18 Å². The highest BCUT2D eigenvalue weighted by molar-refractivity contribution is 5.86. The second-order valence-electron chi connectivity index (χ2n) is 3.79. The summed E-state index contributed by atoms with van der Waals surface area (Å²) in [7, 11) is 0. The molecule has 1 aromatic carbocycles. The van der Waals surface area contributed by atoms with Crippen molar-refractivity contribution in [2.75, 3.05) is 11.9 Å². The molecule has 0 spiro atoms. The molecule has 0 aromatic heterocycles. The van der Waals surface area contributed by atoms with Crippen LogP contribution in [0.3, 0.4) is 0 Å². The van der Waals surface area contributed by atoms with Gasteiger partial charge in [0.2, 0.25) is 5.91 Å². The van der Waals surface area contributed by atoms with Gasteiger partial charge in [-0.05, 0) is 37.1 Å². The van der Waals surface area contributed by atoms with E-state index in [1.807, 2.05) is 13.0 Å². The van der Waals surface area contributed by atoms with Crippen LogP contribution in [0.1, 0.15) is 12.0 Å². The number of benzene rings is 1. The van der Waals surface area contributed by atoms with Crippen LogP contribution in [0.25, 0.3) is 0 Å². The van der Waals surface area contributed by atoms with Gasteiger partial charge in [0.1, 0.15) is 11.9 Å². The van der Waals surface area contributed by atoms with E-state index in [0.717, 1.165) is 12.0 Å². The molecule has 15 heavy (non-hydrogen) atoms. The molecule has 1 aromatic rings. The minimum atomic E-state index is -0.282. The zero-order chi connectivity index (χ0) is 10.8. The summed E-state index contributed by atoms with van der Waals surface area (Å²) in [6.07, 6.45) is 0.744. The number of hydrogen-bond donors (Lipinski definition) is 2. The third-order valence-corrected chi connectivity index (χ3v) is 2.43. The van der Waals surface area contributed by atoms with Crippen molar-refractivity contribution < 1.29 is 9.18 Å². The van der Waals surface area contributed by atoms with Gasteiger partial charge < -0.3 is 10.6 Å². The second kappa shape index (κ2) is 3.88. The molecule has 1 amide bonds. The van der Waals surface area contributed by atoms with E-state index in [0.29, 0.717) is 12.2 Å². The van der Waals surface area contributed by atoms with E-state index in [1.165, 1.54) is 12.1 Å². The number of anilines is 1. The molecule has 1 heterocycles. The molecule has 1 atom stereocenters. The SMILES string of the molecule is Cc1cc(F)cc(N[C@@H]2CCNC2=O)c1. The van der Waals surface area contributed by atoms with Gasteiger partial charge in [-0.25, -0.2) is 4.39 Å². The van der Waals surface area contributed by atoms with E-state index in [1.54, 1.807) is 0 Å². The minimum absolute atomic E-state index is 0.0167. The molecule has 2 rings (SSSR count). The van der Waals surface area contributed by atoms with Gasteiger partial charge in [0.05, 0.1) is 0 Å². The molecule has 1 aliphatic rings. The van der Waals surface area contributed by atoms with Crippen LogP contribution in [0.5, 0.6) is 0 Å². The Balaban J connectivity index is 2.13. The van der Waals surface area contributed by atoms with E-state index in [4.69, 9.17) is 0 Å². The number of halogens is 1. The summed E-state index contributed by atoms with van der Waals surface area (Å²) in [6.45, 7) is 2.51. The zero-order valence-electron chi connectivity index (χ0n) is 8.51. The summed E-state index contributed by atoms with van der Waals surface area (Å²) in [4.78, 5) is 11.3. The lowest BCUT2D eigenvalue weighted by Gasteiger charge is -2.11. The molecule has 0 aliphatic carbocycles. The third kappa shape index (κ3) is 2.26. The Morgan fingerprint density at radius 2 is 2.27 bits per heavy atom. The normalized spacial score (nSPS) is 20.1. The number of amides is 1. The van der Waals surface area contributed by atoms with E-state index in [2.05, 4.69) is 10.6 Å². The van der Waals surface area contributed by atoms with Crippen LogP contribution in [0, 0.1) is 12.7 Å². The topological polar surface area (TPSA) is 41.1 Å². The summed E-state index contributed by atoms with van der Waals surface area (Å²) < 4.78 is 13.1. The summed E-state index contributed by atoms with van der Waals surface area (Å²) in [5.74, 6) is -0.298. The Morgan fingerprint density at radius 3 is 2.87 bits per heavy atom. The van der Waals surface area contributed by atoms with Crippen LogP contribution < -0.4 is 10.6 Å². The molecule has 80 valence electrons. The van der Waals surface area contributed by atoms with Crippen LogP contribution in [0.4, 0.5) is 10.1 Å². The molecule has 0 bridgehead atoms. The van der Waals surface area contributed by atoms with Crippen LogP contribution in [0.2, 0.25) is 0 Å². The lowest BCUT2D eigenvalue weighted by atomic mass is 10.2. The maximum absolute atomic E-state index is 13.1. The first-order valence-electron chi connectivity index (χ1n) is 4.96. The fourth-order valence-corrected chi connectivity index (χ4v) is 1.75. The van der Waals surface area contributed by atoms with Crippen LogP contribution >= 0.6 is 0 Å². The Morgan fingerprint density at radius 1 is 1.47 bits per heavy atom. The molecule has 3 nitrogen and oxygen atoms in total. The number of aryl methyl sites for hydroxylation is 1. The first-order valence-corrected chi connectivity index (χ1v) is 4.96. The quantitative estimate of drug-likeness (QED) is 0.772. The van der Waals surface area contributed by atoms with Crippen molar-refractivity contribution in [1.82, 2.24) is 5.32 Å². The lowest BCUT2D eigenvalue weighted by molar-refractivity contribution is -0.119. The molecule has 1 aliphatic heterocycles. The van der Waals surface area contributed by atoms with E-state index < -0.39 is 0 Å². The molecule has 4 heteroatoms. The zero-order valence-corrected chi connectivity index (χ0v) is 8.51. The van der Waals surface area contributed by atoms with E-state index >= 15 is 0 Å². The average molecular weight is 208 g/mol. The number of carbonyl (C=O) groups is 1. The van der Waals surface area contributed by atoms with Crippen LogP contribution in [-0.4, -0.2) is 18.5 Å². The van der Waals surface area contributed by atoms with Gasteiger partial charge in [-0.1, -0.05) is 0 Å². The van der Waals surface area contributed by atoms with Crippen molar-refractivity contribution >= 4 is 11.6 Å². The summed E-state index contributed by atoms with van der Waals surface area (Å²) in [5.41, 5.74) is 1.51. The highest BCUT2D eigenvalue weighted by Crippen LogP contribution is 2.16. The van der Waals surface area contributed by atoms with Gasteiger partial charge in [-0.15, -0.1) is 0 Å². The van der Waals surface area contributed by atoms with Gasteiger partial charge in [0.15, 0.2) is 0 Å². The van der Waals surface area contributed by atoms with Gasteiger partial charge in [0.25, 0.3) is 0 Å². The maximum Gasteiger partial charge on any atom is 0.242 e. The first kappa shape index (κ1) is 9.96. The standard InChI is InChI=1S/C11H13FN2O/c1-7-4-8(12)6-9(5-7)14-10-2-3-13-11(10)15/h4-6,10,14H,2-3H2,1H3,(H,13,15)/t10-/m1/s1. The van der Waals surface area contributed by atoms with Crippen molar-refractivity contribution in [1.29, 1.82) is 0 Å². The van der Waals surface area contributed by atoms with Crippen molar-refractivity contribution in [3.8, 4) is 0 Å². The largest absolute Gasteiger partial charge is 0.374 e. The molecular formula is C11H13FN2O. The molecule has 0 radical (unpaired) electrons. The minimum Gasteiger partial charge on any atom is -0.374 e. The fraction of sp³-hybridized carbons (Fsp3) is 0.364. The molecule has 1 fully saturated rings. The molecular weight excluding hydrogens is 195 g/mol. The molecule has 1 saturated heterocycles. The lowest BCUT2D eigenvalue weighted by Crippen LogP contribution is -2.29. The Bertz CT molecular complexity index is 372. The summed E-state index contributed by atoms with van der Waals surface area (Å²) >= 11 is 0. The number of hydrogen-bond acceptors (Lipinski definition) is 2. The van der Waals surface area contributed by atoms with Crippen molar-refractivity contribution in [3.05, 3.63) is 29.6 Å². The van der Waals surface area contributed by atoms with Gasteiger partial charge in [0, 0.05) is 12.2 Å². The van der Waals surface area contributed by atoms with Crippen LogP contribution in [0.15, 0.2) is 18.2 Å². The Labute approximate surface area is 87.7 Å². The van der Waals surface area contributed by atoms with Crippen molar-refractivity contribution in [2.45, 2.75) is 19.4 Å². The third-order valence-electron chi connectivity index (χ3n) is 2.43. The highest BCUT2D eigenvalue weighted by Gasteiger charge is 2.23. The first-order chi connectivity index (χ1) is 7.15. The van der Waals surface area contributed by atoms with Crippen molar-refractivity contribution in [2.24, 2.45) is 0 Å². The average Bonchev–Trinajstić information content (AvgIpc) is 2.50. The van der Waals surface area contributed by atoms with E-state index in [-0.39, 0.29) is 17.8 Å². The van der Waals surface area contributed by atoms with Gasteiger partial charge in [-0.3, -0.25) is 4.79 Å². The second-order valence-corrected chi connectivity index (χ2v) is 3.79. The number of carbonyl (C=O) groups excluding carboxylic acids is 1. The maximum atomic E-state index is 13.1. The smallest absolute Gasteiger partial charge is 0.242 e. The van der Waals surface area contributed by atoms with Crippen LogP contribution in [-0.2, 0) is 4.79 Å². The molecule has 0 unspecified atom stereocenters. The highest BCUT2D eigenvalue weighted by atomic mass is 19.1.